The molecule has 0 saturated carbocycles. The van der Waals surface area contributed by atoms with Crippen LogP contribution in [0.15, 0.2) is 29.6 Å². The number of nitrogens with zero attached hydrogens (tertiary/aromatic N) is 2. The van der Waals surface area contributed by atoms with Crippen LogP contribution in [0.25, 0.3) is 0 Å². The van der Waals surface area contributed by atoms with E-state index in [0.717, 1.165) is 11.4 Å². The molecular weight excluding hydrogens is 250 g/mol. The van der Waals surface area contributed by atoms with Gasteiger partial charge in [0, 0.05) is 11.1 Å². The zero-order chi connectivity index (χ0) is 12.8. The van der Waals surface area contributed by atoms with Crippen molar-refractivity contribution in [3.8, 4) is 0 Å². The maximum atomic E-state index is 11.6. The van der Waals surface area contributed by atoms with Crippen molar-refractivity contribution in [2.24, 2.45) is 0 Å². The number of ether oxygens (including phenoxy) is 1. The highest BCUT2D eigenvalue weighted by Crippen LogP contribution is 2.13. The first-order chi connectivity index (χ1) is 8.79. The molecule has 5 nitrogen and oxygen atoms in total. The number of benzene rings is 1. The Balaban J connectivity index is 2.01. The van der Waals surface area contributed by atoms with Gasteiger partial charge in [-0.05, 0) is 36.7 Å². The molecule has 0 spiro atoms. The van der Waals surface area contributed by atoms with Crippen LogP contribution in [0.2, 0.25) is 0 Å². The second kappa shape index (κ2) is 6.11. The van der Waals surface area contributed by atoms with Crippen molar-refractivity contribution in [1.82, 2.24) is 9.59 Å². The highest BCUT2D eigenvalue weighted by Gasteiger charge is 2.06. The molecule has 1 heterocycles. The number of carbonyl (C=O) groups is 1. The Labute approximate surface area is 109 Å². The molecule has 0 fully saturated rings. The summed E-state index contributed by atoms with van der Waals surface area (Å²) < 4.78 is 8.73. The molecular formula is C12H13N3O2S. The number of anilines is 1. The fraction of sp³-hybridized carbons (Fsp3) is 0.250. The van der Waals surface area contributed by atoms with Gasteiger partial charge in [0.2, 0.25) is 0 Å². The molecule has 0 aliphatic heterocycles. The Bertz CT molecular complexity index is 514. The van der Waals surface area contributed by atoms with Gasteiger partial charge in [0.25, 0.3) is 0 Å². The van der Waals surface area contributed by atoms with Crippen LogP contribution in [0.1, 0.15) is 23.0 Å². The third-order valence-electron chi connectivity index (χ3n) is 2.25. The van der Waals surface area contributed by atoms with Gasteiger partial charge >= 0.3 is 5.97 Å². The summed E-state index contributed by atoms with van der Waals surface area (Å²) >= 11 is 1.31. The van der Waals surface area contributed by atoms with Crippen LogP contribution in [0.5, 0.6) is 0 Å². The van der Waals surface area contributed by atoms with Crippen molar-refractivity contribution in [3.63, 3.8) is 0 Å². The number of hydrogen-bond donors (Lipinski definition) is 1. The minimum Gasteiger partial charge on any atom is -0.462 e. The normalized spacial score (nSPS) is 10.1. The number of aromatic nitrogens is 2. The van der Waals surface area contributed by atoms with Crippen LogP contribution in [0, 0.1) is 0 Å². The van der Waals surface area contributed by atoms with Crippen LogP contribution < -0.4 is 5.32 Å². The van der Waals surface area contributed by atoms with Crippen LogP contribution in [0.4, 0.5) is 5.69 Å². The lowest BCUT2D eigenvalue weighted by molar-refractivity contribution is 0.0526. The van der Waals surface area contributed by atoms with Crippen LogP contribution in [-0.4, -0.2) is 22.2 Å². The van der Waals surface area contributed by atoms with Gasteiger partial charge in [-0.25, -0.2) is 4.79 Å². The lowest BCUT2D eigenvalue weighted by Crippen LogP contribution is -2.06. The van der Waals surface area contributed by atoms with Gasteiger partial charge in [-0.15, -0.1) is 5.10 Å². The Morgan fingerprint density at radius 3 is 3.11 bits per heavy atom. The summed E-state index contributed by atoms with van der Waals surface area (Å²) in [4.78, 5) is 11.6. The predicted octanol–water partition coefficient (Wildman–Crippen LogP) is 2.33. The molecule has 1 aromatic carbocycles. The summed E-state index contributed by atoms with van der Waals surface area (Å²) in [6, 6.07) is 7.20. The van der Waals surface area contributed by atoms with E-state index in [1.54, 1.807) is 19.1 Å². The Hall–Kier alpha value is -1.95. The van der Waals surface area contributed by atoms with Gasteiger partial charge in [-0.1, -0.05) is 10.6 Å². The van der Waals surface area contributed by atoms with Gasteiger partial charge < -0.3 is 10.1 Å². The Kier molecular flexibility index (Phi) is 4.25. The van der Waals surface area contributed by atoms with E-state index in [0.29, 0.717) is 18.7 Å². The van der Waals surface area contributed by atoms with Crippen molar-refractivity contribution in [3.05, 3.63) is 40.9 Å². The summed E-state index contributed by atoms with van der Waals surface area (Å²) in [6.45, 7) is 2.75. The molecule has 0 radical (unpaired) electrons. The summed E-state index contributed by atoms with van der Waals surface area (Å²) in [5.74, 6) is -0.309. The number of carbonyl (C=O) groups excluding carboxylic acids is 1. The molecule has 1 N–H and O–H groups in total. The van der Waals surface area contributed by atoms with E-state index in [1.807, 2.05) is 17.5 Å². The average molecular weight is 263 g/mol. The molecule has 2 rings (SSSR count). The standard InChI is InChI=1S/C12H13N3O2S/c1-2-17-12(16)9-4-3-5-10(6-9)13-7-11-8-18-15-14-11/h3-6,8,13H,2,7H2,1H3. The maximum Gasteiger partial charge on any atom is 0.338 e. The molecule has 0 saturated heterocycles. The Morgan fingerprint density at radius 1 is 1.50 bits per heavy atom. The van der Waals surface area contributed by atoms with Crippen LogP contribution in [-0.2, 0) is 11.3 Å². The molecule has 2 aromatic rings. The molecule has 1 aromatic heterocycles. The molecule has 6 heteroatoms. The number of hydrogen-bond acceptors (Lipinski definition) is 6. The van der Waals surface area contributed by atoms with Crippen LogP contribution in [0.3, 0.4) is 0 Å². The molecule has 0 atom stereocenters. The van der Waals surface area contributed by atoms with Crippen molar-refractivity contribution in [2.75, 3.05) is 11.9 Å². The number of rotatable bonds is 5. The SMILES string of the molecule is CCOC(=O)c1cccc(NCc2csnn2)c1. The number of nitrogens with one attached hydrogen (secondary N) is 1. The second-order valence-electron chi connectivity index (χ2n) is 3.55. The largest absolute Gasteiger partial charge is 0.462 e. The zero-order valence-electron chi connectivity index (χ0n) is 9.92. The maximum absolute atomic E-state index is 11.6. The summed E-state index contributed by atoms with van der Waals surface area (Å²) in [5, 5.41) is 8.99. The van der Waals surface area contributed by atoms with Gasteiger partial charge in [0.05, 0.1) is 24.4 Å². The molecule has 0 unspecified atom stereocenters. The average Bonchev–Trinajstić information content (AvgIpc) is 2.90. The summed E-state index contributed by atoms with van der Waals surface area (Å²) in [6.07, 6.45) is 0. The second-order valence-corrected chi connectivity index (χ2v) is 4.16. The molecule has 0 amide bonds. The van der Waals surface area contributed by atoms with Crippen LogP contribution >= 0.6 is 11.5 Å². The Morgan fingerprint density at radius 2 is 2.39 bits per heavy atom. The molecule has 0 aliphatic carbocycles. The first-order valence-electron chi connectivity index (χ1n) is 5.56. The summed E-state index contributed by atoms with van der Waals surface area (Å²) in [7, 11) is 0. The van der Waals surface area contributed by atoms with E-state index in [2.05, 4.69) is 14.9 Å². The minimum absolute atomic E-state index is 0.309. The highest BCUT2D eigenvalue weighted by atomic mass is 32.1. The summed E-state index contributed by atoms with van der Waals surface area (Å²) in [5.41, 5.74) is 2.27. The van der Waals surface area contributed by atoms with Crippen molar-refractivity contribution in [2.45, 2.75) is 13.5 Å². The van der Waals surface area contributed by atoms with E-state index < -0.39 is 0 Å². The fourth-order valence-electron chi connectivity index (χ4n) is 1.42. The van der Waals surface area contributed by atoms with Crippen molar-refractivity contribution in [1.29, 1.82) is 0 Å². The molecule has 0 aliphatic rings. The fourth-order valence-corrected chi connectivity index (χ4v) is 1.88. The van der Waals surface area contributed by atoms with Gasteiger partial charge in [0.1, 0.15) is 0 Å². The zero-order valence-corrected chi connectivity index (χ0v) is 10.7. The van der Waals surface area contributed by atoms with E-state index in [1.165, 1.54) is 11.5 Å². The van der Waals surface area contributed by atoms with E-state index in [9.17, 15) is 4.79 Å². The highest BCUT2D eigenvalue weighted by molar-refractivity contribution is 7.03. The van der Waals surface area contributed by atoms with Gasteiger partial charge in [0.15, 0.2) is 0 Å². The molecule has 0 bridgehead atoms. The molecule has 94 valence electrons. The van der Waals surface area contributed by atoms with E-state index in [-0.39, 0.29) is 5.97 Å². The lowest BCUT2D eigenvalue weighted by atomic mass is 10.2. The van der Waals surface area contributed by atoms with Gasteiger partial charge in [-0.2, -0.15) is 0 Å². The molecule has 18 heavy (non-hydrogen) atoms. The third kappa shape index (κ3) is 3.27. The van der Waals surface area contributed by atoms with Gasteiger partial charge in [-0.3, -0.25) is 0 Å². The van der Waals surface area contributed by atoms with Crippen molar-refractivity contribution >= 4 is 23.2 Å². The quantitative estimate of drug-likeness (QED) is 0.839. The third-order valence-corrected chi connectivity index (χ3v) is 2.81. The van der Waals surface area contributed by atoms with E-state index >= 15 is 0 Å². The number of esters is 1. The minimum atomic E-state index is -0.309. The monoisotopic (exact) mass is 263 g/mol. The lowest BCUT2D eigenvalue weighted by Gasteiger charge is -2.06. The smallest absolute Gasteiger partial charge is 0.338 e. The van der Waals surface area contributed by atoms with E-state index in [4.69, 9.17) is 4.74 Å². The predicted molar refractivity (Wildman–Crippen MR) is 69.6 cm³/mol. The first-order valence-corrected chi connectivity index (χ1v) is 6.40. The van der Waals surface area contributed by atoms with Crippen molar-refractivity contribution < 1.29 is 9.53 Å². The first kappa shape index (κ1) is 12.5. The topological polar surface area (TPSA) is 64.1 Å².